The minimum absolute atomic E-state index is 0.178. The number of carbonyl (C=O) groups is 1. The van der Waals surface area contributed by atoms with Gasteiger partial charge < -0.3 is 14.8 Å². The van der Waals surface area contributed by atoms with Gasteiger partial charge >= 0.3 is 0 Å². The van der Waals surface area contributed by atoms with E-state index in [1.807, 2.05) is 13.0 Å². The highest BCUT2D eigenvalue weighted by Crippen LogP contribution is 2.32. The van der Waals surface area contributed by atoms with Crippen LogP contribution in [0.15, 0.2) is 12.1 Å². The largest absolute Gasteiger partial charge is 0.493 e. The Labute approximate surface area is 89.2 Å². The summed E-state index contributed by atoms with van der Waals surface area (Å²) < 4.78 is 10.3. The molecule has 0 saturated carbocycles. The minimum Gasteiger partial charge on any atom is -0.493 e. The molecule has 0 atom stereocenters. The molecule has 1 aromatic rings. The van der Waals surface area contributed by atoms with Crippen LogP contribution in [0.3, 0.4) is 0 Å². The molecule has 0 heterocycles. The molecule has 1 N–H and O–H groups in total. The summed E-state index contributed by atoms with van der Waals surface area (Å²) in [6, 6.07) is 3.60. The normalized spacial score (nSPS) is 9.60. The fourth-order valence-corrected chi connectivity index (χ4v) is 1.43. The molecule has 0 radical (unpaired) electrons. The first-order chi connectivity index (χ1) is 7.15. The van der Waals surface area contributed by atoms with Gasteiger partial charge in [-0.3, -0.25) is 4.79 Å². The van der Waals surface area contributed by atoms with Crippen molar-refractivity contribution in [3.8, 4) is 11.5 Å². The molecule has 1 aromatic carbocycles. The smallest absolute Gasteiger partial charge is 0.255 e. The van der Waals surface area contributed by atoms with Gasteiger partial charge in [-0.1, -0.05) is 6.07 Å². The van der Waals surface area contributed by atoms with Crippen molar-refractivity contribution in [2.24, 2.45) is 0 Å². The zero-order chi connectivity index (χ0) is 11.4. The number of nitrogens with one attached hydrogen (secondary N) is 1. The van der Waals surface area contributed by atoms with Crippen LogP contribution in [-0.4, -0.2) is 27.2 Å². The molecule has 0 aromatic heterocycles. The van der Waals surface area contributed by atoms with E-state index in [2.05, 4.69) is 5.32 Å². The van der Waals surface area contributed by atoms with Gasteiger partial charge in [-0.25, -0.2) is 0 Å². The number of methoxy groups -OCH3 is 2. The third-order valence-corrected chi connectivity index (χ3v) is 2.21. The van der Waals surface area contributed by atoms with Crippen LogP contribution in [0.5, 0.6) is 11.5 Å². The van der Waals surface area contributed by atoms with E-state index in [9.17, 15) is 4.79 Å². The van der Waals surface area contributed by atoms with E-state index < -0.39 is 0 Å². The van der Waals surface area contributed by atoms with Gasteiger partial charge in [0, 0.05) is 7.05 Å². The summed E-state index contributed by atoms with van der Waals surface area (Å²) in [4.78, 5) is 11.6. The van der Waals surface area contributed by atoms with Gasteiger partial charge in [0.1, 0.15) is 0 Å². The van der Waals surface area contributed by atoms with Gasteiger partial charge in [0.05, 0.1) is 19.8 Å². The number of aryl methyl sites for hydroxylation is 1. The second-order valence-electron chi connectivity index (χ2n) is 3.07. The number of benzene rings is 1. The first-order valence-corrected chi connectivity index (χ1v) is 4.59. The lowest BCUT2D eigenvalue weighted by molar-refractivity contribution is 0.0959. The maximum absolute atomic E-state index is 11.6. The topological polar surface area (TPSA) is 47.6 Å². The fourth-order valence-electron chi connectivity index (χ4n) is 1.43. The molecule has 0 aliphatic carbocycles. The van der Waals surface area contributed by atoms with Crippen molar-refractivity contribution in [1.82, 2.24) is 5.32 Å². The molecule has 4 heteroatoms. The lowest BCUT2D eigenvalue weighted by Gasteiger charge is -2.13. The standard InChI is InChI=1S/C11H15NO3/c1-7-5-6-8(14-3)10(15-4)9(7)11(13)12-2/h5-6H,1-4H3,(H,12,13). The van der Waals surface area contributed by atoms with E-state index in [1.165, 1.54) is 7.11 Å². The summed E-state index contributed by atoms with van der Waals surface area (Å²) in [7, 11) is 4.64. The molecule has 0 fully saturated rings. The minimum atomic E-state index is -0.178. The van der Waals surface area contributed by atoms with Crippen LogP contribution in [0, 0.1) is 6.92 Å². The zero-order valence-corrected chi connectivity index (χ0v) is 9.38. The van der Waals surface area contributed by atoms with Crippen molar-refractivity contribution in [2.75, 3.05) is 21.3 Å². The van der Waals surface area contributed by atoms with Crippen LogP contribution in [0.25, 0.3) is 0 Å². The molecule has 0 unspecified atom stereocenters. The van der Waals surface area contributed by atoms with Gasteiger partial charge in [0.2, 0.25) is 0 Å². The van der Waals surface area contributed by atoms with Crippen LogP contribution in [0.2, 0.25) is 0 Å². The SMILES string of the molecule is CNC(=O)c1c(C)ccc(OC)c1OC. The van der Waals surface area contributed by atoms with Crippen LogP contribution in [0.4, 0.5) is 0 Å². The van der Waals surface area contributed by atoms with Crippen LogP contribution in [-0.2, 0) is 0 Å². The summed E-state index contributed by atoms with van der Waals surface area (Å²) in [5.74, 6) is 0.849. The van der Waals surface area contributed by atoms with Crippen molar-refractivity contribution in [2.45, 2.75) is 6.92 Å². The van der Waals surface area contributed by atoms with E-state index in [-0.39, 0.29) is 5.91 Å². The molecule has 82 valence electrons. The Hall–Kier alpha value is -1.71. The first-order valence-electron chi connectivity index (χ1n) is 4.59. The molecular formula is C11H15NO3. The summed E-state index contributed by atoms with van der Waals surface area (Å²) >= 11 is 0. The van der Waals surface area contributed by atoms with E-state index in [1.54, 1.807) is 20.2 Å². The predicted molar refractivity (Wildman–Crippen MR) is 57.7 cm³/mol. The van der Waals surface area contributed by atoms with Crippen molar-refractivity contribution < 1.29 is 14.3 Å². The van der Waals surface area contributed by atoms with Crippen molar-refractivity contribution in [1.29, 1.82) is 0 Å². The third-order valence-electron chi connectivity index (χ3n) is 2.21. The Kier molecular flexibility index (Phi) is 3.55. The van der Waals surface area contributed by atoms with Crippen LogP contribution in [0.1, 0.15) is 15.9 Å². The second-order valence-corrected chi connectivity index (χ2v) is 3.07. The summed E-state index contributed by atoms with van der Waals surface area (Å²) in [5.41, 5.74) is 1.37. The Morgan fingerprint density at radius 1 is 1.27 bits per heavy atom. The molecule has 1 amide bonds. The molecule has 0 aliphatic rings. The highest BCUT2D eigenvalue weighted by atomic mass is 16.5. The number of ether oxygens (including phenoxy) is 2. The lowest BCUT2D eigenvalue weighted by Crippen LogP contribution is -2.20. The highest BCUT2D eigenvalue weighted by molar-refractivity contribution is 5.99. The molecule has 4 nitrogen and oxygen atoms in total. The van der Waals surface area contributed by atoms with E-state index >= 15 is 0 Å². The third kappa shape index (κ3) is 2.03. The monoisotopic (exact) mass is 209 g/mol. The van der Waals surface area contributed by atoms with E-state index in [4.69, 9.17) is 9.47 Å². The quantitative estimate of drug-likeness (QED) is 0.818. The Morgan fingerprint density at radius 3 is 2.40 bits per heavy atom. The summed E-state index contributed by atoms with van der Waals surface area (Å²) in [6.45, 7) is 1.85. The highest BCUT2D eigenvalue weighted by Gasteiger charge is 2.17. The maximum Gasteiger partial charge on any atom is 0.255 e. The lowest BCUT2D eigenvalue weighted by atomic mass is 10.1. The molecule has 0 aliphatic heterocycles. The zero-order valence-electron chi connectivity index (χ0n) is 9.38. The van der Waals surface area contributed by atoms with Crippen LogP contribution >= 0.6 is 0 Å². The molecule has 0 saturated heterocycles. The van der Waals surface area contributed by atoms with Crippen molar-refractivity contribution >= 4 is 5.91 Å². The fraction of sp³-hybridized carbons (Fsp3) is 0.364. The van der Waals surface area contributed by atoms with Crippen molar-refractivity contribution in [3.63, 3.8) is 0 Å². The average molecular weight is 209 g/mol. The Balaban J connectivity index is 3.38. The molecule has 0 bridgehead atoms. The van der Waals surface area contributed by atoms with Gasteiger partial charge in [0.25, 0.3) is 5.91 Å². The first kappa shape index (κ1) is 11.4. The number of carbonyl (C=O) groups excluding carboxylic acids is 1. The average Bonchev–Trinajstić information content (AvgIpc) is 2.27. The molecule has 0 spiro atoms. The number of hydrogen-bond donors (Lipinski definition) is 1. The number of amides is 1. The molecule has 15 heavy (non-hydrogen) atoms. The number of hydrogen-bond acceptors (Lipinski definition) is 3. The van der Waals surface area contributed by atoms with Gasteiger partial charge in [-0.2, -0.15) is 0 Å². The maximum atomic E-state index is 11.6. The predicted octanol–water partition coefficient (Wildman–Crippen LogP) is 1.37. The molecule has 1 rings (SSSR count). The Bertz CT molecular complexity index is 374. The summed E-state index contributed by atoms with van der Waals surface area (Å²) in [6.07, 6.45) is 0. The number of rotatable bonds is 3. The van der Waals surface area contributed by atoms with Crippen LogP contribution < -0.4 is 14.8 Å². The van der Waals surface area contributed by atoms with Gasteiger partial charge in [-0.15, -0.1) is 0 Å². The second kappa shape index (κ2) is 4.68. The Morgan fingerprint density at radius 2 is 1.93 bits per heavy atom. The van der Waals surface area contributed by atoms with Gasteiger partial charge in [0.15, 0.2) is 11.5 Å². The van der Waals surface area contributed by atoms with E-state index in [0.717, 1.165) is 5.56 Å². The van der Waals surface area contributed by atoms with E-state index in [0.29, 0.717) is 17.1 Å². The van der Waals surface area contributed by atoms with Crippen molar-refractivity contribution in [3.05, 3.63) is 23.3 Å². The summed E-state index contributed by atoms with van der Waals surface area (Å²) in [5, 5.41) is 2.57. The van der Waals surface area contributed by atoms with Gasteiger partial charge in [-0.05, 0) is 18.6 Å². The molecular weight excluding hydrogens is 194 g/mol.